The number of rotatable bonds is 5. The summed E-state index contributed by atoms with van der Waals surface area (Å²) in [5.41, 5.74) is 0.950. The SMILES string of the molecule is CCOc1nc(NC)nc(Nc2ccsc2)n1. The number of nitrogens with zero attached hydrogens (tertiary/aromatic N) is 3. The second-order valence-corrected chi connectivity index (χ2v) is 3.87. The van der Waals surface area contributed by atoms with Gasteiger partial charge in [0.25, 0.3) is 0 Å². The van der Waals surface area contributed by atoms with Crippen LogP contribution in [-0.2, 0) is 0 Å². The van der Waals surface area contributed by atoms with Crippen LogP contribution in [0.25, 0.3) is 0 Å². The first-order chi connectivity index (χ1) is 8.31. The topological polar surface area (TPSA) is 72.0 Å². The van der Waals surface area contributed by atoms with E-state index in [1.165, 1.54) is 0 Å². The highest BCUT2D eigenvalue weighted by Crippen LogP contribution is 2.18. The molecule has 0 radical (unpaired) electrons. The van der Waals surface area contributed by atoms with Crippen molar-refractivity contribution in [3.05, 3.63) is 16.8 Å². The Kier molecular flexibility index (Phi) is 3.71. The van der Waals surface area contributed by atoms with E-state index in [1.54, 1.807) is 18.4 Å². The van der Waals surface area contributed by atoms with Crippen LogP contribution in [0.15, 0.2) is 16.8 Å². The molecule has 17 heavy (non-hydrogen) atoms. The summed E-state index contributed by atoms with van der Waals surface area (Å²) in [5, 5.41) is 9.91. The Morgan fingerprint density at radius 2 is 2.12 bits per heavy atom. The van der Waals surface area contributed by atoms with E-state index in [0.29, 0.717) is 24.5 Å². The van der Waals surface area contributed by atoms with E-state index in [1.807, 2.05) is 23.8 Å². The Morgan fingerprint density at radius 1 is 1.29 bits per heavy atom. The van der Waals surface area contributed by atoms with Crippen LogP contribution in [0, 0.1) is 0 Å². The lowest BCUT2D eigenvalue weighted by molar-refractivity contribution is 0.312. The quantitative estimate of drug-likeness (QED) is 0.848. The molecule has 0 saturated heterocycles. The van der Waals surface area contributed by atoms with E-state index in [2.05, 4.69) is 25.6 Å². The molecule has 2 aromatic rings. The van der Waals surface area contributed by atoms with Crippen molar-refractivity contribution in [2.45, 2.75) is 6.92 Å². The Bertz CT molecular complexity index is 474. The van der Waals surface area contributed by atoms with Crippen molar-refractivity contribution in [1.29, 1.82) is 0 Å². The number of anilines is 3. The predicted molar refractivity (Wildman–Crippen MR) is 68.1 cm³/mol. The van der Waals surface area contributed by atoms with Crippen molar-refractivity contribution in [3.63, 3.8) is 0 Å². The van der Waals surface area contributed by atoms with Crippen LogP contribution in [0.3, 0.4) is 0 Å². The standard InChI is InChI=1S/C10H13N5OS/c1-3-16-10-14-8(11-2)13-9(15-10)12-7-4-5-17-6-7/h4-6H,3H2,1-2H3,(H2,11,12,13,14,15). The van der Waals surface area contributed by atoms with Crippen molar-refractivity contribution in [2.75, 3.05) is 24.3 Å². The number of aromatic nitrogens is 3. The molecule has 0 amide bonds. The number of hydrogen-bond acceptors (Lipinski definition) is 7. The van der Waals surface area contributed by atoms with Crippen LogP contribution in [0.4, 0.5) is 17.6 Å². The molecule has 7 heteroatoms. The van der Waals surface area contributed by atoms with Gasteiger partial charge in [0, 0.05) is 12.4 Å². The van der Waals surface area contributed by atoms with Gasteiger partial charge in [-0.05, 0) is 18.4 Å². The molecule has 2 N–H and O–H groups in total. The average molecular weight is 251 g/mol. The molecular formula is C10H13N5OS. The lowest BCUT2D eigenvalue weighted by Crippen LogP contribution is -2.06. The van der Waals surface area contributed by atoms with Crippen LogP contribution in [0.5, 0.6) is 6.01 Å². The molecule has 2 aromatic heterocycles. The smallest absolute Gasteiger partial charge is 0.323 e. The Morgan fingerprint density at radius 3 is 2.76 bits per heavy atom. The van der Waals surface area contributed by atoms with Crippen molar-refractivity contribution >= 4 is 28.9 Å². The summed E-state index contributed by atoms with van der Waals surface area (Å²) < 4.78 is 5.27. The summed E-state index contributed by atoms with van der Waals surface area (Å²) in [6.07, 6.45) is 0. The minimum absolute atomic E-state index is 0.310. The summed E-state index contributed by atoms with van der Waals surface area (Å²) in [6.45, 7) is 2.40. The van der Waals surface area contributed by atoms with Gasteiger partial charge in [-0.15, -0.1) is 0 Å². The van der Waals surface area contributed by atoms with Gasteiger partial charge >= 0.3 is 6.01 Å². The number of hydrogen-bond donors (Lipinski definition) is 2. The molecule has 0 atom stereocenters. The first-order valence-electron chi connectivity index (χ1n) is 5.17. The third-order valence-corrected chi connectivity index (χ3v) is 2.57. The van der Waals surface area contributed by atoms with E-state index in [-0.39, 0.29) is 0 Å². The Labute approximate surface area is 103 Å². The molecule has 0 saturated carbocycles. The highest BCUT2D eigenvalue weighted by molar-refractivity contribution is 7.08. The summed E-state index contributed by atoms with van der Waals surface area (Å²) in [4.78, 5) is 12.4. The zero-order valence-electron chi connectivity index (χ0n) is 9.60. The second-order valence-electron chi connectivity index (χ2n) is 3.09. The first-order valence-corrected chi connectivity index (χ1v) is 6.12. The molecule has 0 unspecified atom stereocenters. The summed E-state index contributed by atoms with van der Waals surface area (Å²) in [5.74, 6) is 0.937. The number of thiophene rings is 1. The monoisotopic (exact) mass is 251 g/mol. The zero-order valence-corrected chi connectivity index (χ0v) is 10.4. The second kappa shape index (κ2) is 5.44. The van der Waals surface area contributed by atoms with Crippen LogP contribution in [-0.4, -0.2) is 28.6 Å². The van der Waals surface area contributed by atoms with E-state index in [0.717, 1.165) is 5.69 Å². The van der Waals surface area contributed by atoms with Gasteiger partial charge in [-0.2, -0.15) is 26.3 Å². The average Bonchev–Trinajstić information content (AvgIpc) is 2.82. The molecule has 90 valence electrons. The zero-order chi connectivity index (χ0) is 12.1. The maximum atomic E-state index is 5.27. The number of nitrogens with one attached hydrogen (secondary N) is 2. The molecule has 0 aromatic carbocycles. The van der Waals surface area contributed by atoms with Crippen LogP contribution in [0.1, 0.15) is 6.92 Å². The molecule has 2 heterocycles. The molecule has 0 aliphatic carbocycles. The van der Waals surface area contributed by atoms with Gasteiger partial charge in [-0.25, -0.2) is 0 Å². The fourth-order valence-electron chi connectivity index (χ4n) is 1.18. The maximum Gasteiger partial charge on any atom is 0.323 e. The van der Waals surface area contributed by atoms with E-state index in [4.69, 9.17) is 4.74 Å². The molecule has 0 fully saturated rings. The predicted octanol–water partition coefficient (Wildman–Crippen LogP) is 2.12. The fraction of sp³-hybridized carbons (Fsp3) is 0.300. The summed E-state index contributed by atoms with van der Waals surface area (Å²) >= 11 is 1.60. The maximum absolute atomic E-state index is 5.27. The van der Waals surface area contributed by atoms with Crippen LogP contribution >= 0.6 is 11.3 Å². The molecule has 2 rings (SSSR count). The third-order valence-electron chi connectivity index (χ3n) is 1.89. The minimum atomic E-state index is 0.310. The van der Waals surface area contributed by atoms with Gasteiger partial charge in [0.05, 0.1) is 12.3 Å². The normalized spacial score (nSPS) is 10.0. The van der Waals surface area contributed by atoms with E-state index < -0.39 is 0 Å². The van der Waals surface area contributed by atoms with E-state index in [9.17, 15) is 0 Å². The highest BCUT2D eigenvalue weighted by atomic mass is 32.1. The van der Waals surface area contributed by atoms with Crippen molar-refractivity contribution in [2.24, 2.45) is 0 Å². The highest BCUT2D eigenvalue weighted by Gasteiger charge is 2.06. The van der Waals surface area contributed by atoms with Crippen molar-refractivity contribution < 1.29 is 4.74 Å². The number of ether oxygens (including phenoxy) is 1. The Balaban J connectivity index is 2.23. The molecular weight excluding hydrogens is 238 g/mol. The van der Waals surface area contributed by atoms with Crippen LogP contribution < -0.4 is 15.4 Å². The van der Waals surface area contributed by atoms with Gasteiger partial charge in [0.15, 0.2) is 0 Å². The van der Waals surface area contributed by atoms with Crippen molar-refractivity contribution in [1.82, 2.24) is 15.0 Å². The molecule has 6 nitrogen and oxygen atoms in total. The van der Waals surface area contributed by atoms with Gasteiger partial charge < -0.3 is 15.4 Å². The van der Waals surface area contributed by atoms with Gasteiger partial charge in [0.2, 0.25) is 11.9 Å². The summed E-state index contributed by atoms with van der Waals surface area (Å²) in [6, 6.07) is 2.26. The minimum Gasteiger partial charge on any atom is -0.464 e. The molecule has 0 aliphatic rings. The lowest BCUT2D eigenvalue weighted by Gasteiger charge is -2.07. The Hall–Kier alpha value is -1.89. The van der Waals surface area contributed by atoms with Gasteiger partial charge in [-0.3, -0.25) is 0 Å². The third kappa shape index (κ3) is 3.04. The first kappa shape index (κ1) is 11.6. The molecule has 0 spiro atoms. The summed E-state index contributed by atoms with van der Waals surface area (Å²) in [7, 11) is 1.75. The molecule has 0 aliphatic heterocycles. The van der Waals surface area contributed by atoms with Gasteiger partial charge in [0.1, 0.15) is 0 Å². The van der Waals surface area contributed by atoms with E-state index >= 15 is 0 Å². The molecule has 0 bridgehead atoms. The lowest BCUT2D eigenvalue weighted by atomic mass is 10.5. The van der Waals surface area contributed by atoms with Gasteiger partial charge in [-0.1, -0.05) is 0 Å². The largest absolute Gasteiger partial charge is 0.464 e. The van der Waals surface area contributed by atoms with Crippen molar-refractivity contribution in [3.8, 4) is 6.01 Å². The fourth-order valence-corrected chi connectivity index (χ4v) is 1.77. The van der Waals surface area contributed by atoms with Crippen LogP contribution in [0.2, 0.25) is 0 Å².